The Balaban J connectivity index is 2.24. The second-order valence-electron chi connectivity index (χ2n) is 4.01. The molecule has 2 N–H and O–H groups in total. The quantitative estimate of drug-likeness (QED) is 0.716. The van der Waals surface area contributed by atoms with E-state index < -0.39 is 0 Å². The zero-order valence-corrected chi connectivity index (χ0v) is 8.71. The van der Waals surface area contributed by atoms with Gasteiger partial charge in [0.2, 0.25) is 0 Å². The molecule has 3 heteroatoms. The van der Waals surface area contributed by atoms with Crippen LogP contribution in [0.1, 0.15) is 36.0 Å². The van der Waals surface area contributed by atoms with Crippen LogP contribution in [-0.2, 0) is 0 Å². The van der Waals surface area contributed by atoms with Crippen molar-refractivity contribution in [1.29, 1.82) is 0 Å². The molecule has 78 valence electrons. The molecule has 1 aliphatic heterocycles. The van der Waals surface area contributed by atoms with Crippen LogP contribution in [-0.4, -0.2) is 17.8 Å². The Labute approximate surface area is 84.1 Å². The van der Waals surface area contributed by atoms with Crippen LogP contribution in [0.15, 0.2) is 10.5 Å². The summed E-state index contributed by atoms with van der Waals surface area (Å²) < 4.78 is 5.46. The maximum atomic E-state index is 9.85. The number of hydrogen-bond donors (Lipinski definition) is 2. The van der Waals surface area contributed by atoms with Gasteiger partial charge in [0.1, 0.15) is 11.5 Å². The number of aryl methyl sites for hydroxylation is 2. The summed E-state index contributed by atoms with van der Waals surface area (Å²) in [6.07, 6.45) is 1.65. The average Bonchev–Trinajstić information content (AvgIpc) is 2.46. The number of rotatable bonds is 1. The highest BCUT2D eigenvalue weighted by atomic mass is 16.3. The third kappa shape index (κ3) is 1.70. The molecule has 0 aromatic carbocycles. The Kier molecular flexibility index (Phi) is 2.61. The van der Waals surface area contributed by atoms with Crippen molar-refractivity contribution in [1.82, 2.24) is 5.32 Å². The summed E-state index contributed by atoms with van der Waals surface area (Å²) in [5.41, 5.74) is 1.11. The normalized spacial score (nSPS) is 27.9. The first-order valence-electron chi connectivity index (χ1n) is 5.17. The van der Waals surface area contributed by atoms with Gasteiger partial charge in [-0.1, -0.05) is 0 Å². The lowest BCUT2D eigenvalue weighted by molar-refractivity contribution is 0.0958. The molecule has 0 amide bonds. The maximum absolute atomic E-state index is 9.85. The first kappa shape index (κ1) is 9.74. The molecule has 3 nitrogen and oxygen atoms in total. The molecule has 1 aromatic rings. The summed E-state index contributed by atoms with van der Waals surface area (Å²) in [5.74, 6) is 1.83. The molecule has 1 saturated heterocycles. The van der Waals surface area contributed by atoms with Crippen molar-refractivity contribution in [3.8, 4) is 0 Å². The highest BCUT2D eigenvalue weighted by molar-refractivity contribution is 5.25. The molecule has 2 heterocycles. The Morgan fingerprint density at radius 3 is 2.86 bits per heavy atom. The van der Waals surface area contributed by atoms with Crippen molar-refractivity contribution < 1.29 is 9.52 Å². The highest BCUT2D eigenvalue weighted by Crippen LogP contribution is 2.28. The van der Waals surface area contributed by atoms with E-state index in [1.54, 1.807) is 0 Å². The fourth-order valence-electron chi connectivity index (χ4n) is 2.15. The zero-order valence-electron chi connectivity index (χ0n) is 8.71. The van der Waals surface area contributed by atoms with Gasteiger partial charge in [0.25, 0.3) is 0 Å². The van der Waals surface area contributed by atoms with E-state index in [1.165, 1.54) is 0 Å². The van der Waals surface area contributed by atoms with Crippen molar-refractivity contribution in [2.24, 2.45) is 0 Å². The molecule has 0 bridgehead atoms. The summed E-state index contributed by atoms with van der Waals surface area (Å²) >= 11 is 0. The minimum Gasteiger partial charge on any atom is -0.466 e. The molecule has 1 aromatic heterocycles. The Morgan fingerprint density at radius 1 is 1.50 bits per heavy atom. The molecule has 2 unspecified atom stereocenters. The topological polar surface area (TPSA) is 45.4 Å². The van der Waals surface area contributed by atoms with E-state index in [0.717, 1.165) is 36.5 Å². The fourth-order valence-corrected chi connectivity index (χ4v) is 2.15. The number of piperidine rings is 1. The van der Waals surface area contributed by atoms with E-state index in [0.29, 0.717) is 0 Å². The molecule has 0 radical (unpaired) electrons. The molecule has 1 fully saturated rings. The van der Waals surface area contributed by atoms with Crippen molar-refractivity contribution in [2.45, 2.75) is 38.8 Å². The molecule has 14 heavy (non-hydrogen) atoms. The van der Waals surface area contributed by atoms with Gasteiger partial charge in [-0.3, -0.25) is 0 Å². The van der Waals surface area contributed by atoms with Crippen molar-refractivity contribution >= 4 is 0 Å². The van der Waals surface area contributed by atoms with Gasteiger partial charge in [-0.05, 0) is 39.3 Å². The van der Waals surface area contributed by atoms with Gasteiger partial charge >= 0.3 is 0 Å². The van der Waals surface area contributed by atoms with Gasteiger partial charge in [-0.15, -0.1) is 0 Å². The number of nitrogens with one attached hydrogen (secondary N) is 1. The van der Waals surface area contributed by atoms with Crippen LogP contribution in [0.3, 0.4) is 0 Å². The molecule has 2 atom stereocenters. The number of aliphatic hydroxyl groups excluding tert-OH is 1. The van der Waals surface area contributed by atoms with E-state index >= 15 is 0 Å². The third-order valence-electron chi connectivity index (χ3n) is 2.84. The van der Waals surface area contributed by atoms with E-state index in [2.05, 4.69) is 5.32 Å². The Morgan fingerprint density at radius 2 is 2.29 bits per heavy atom. The lowest BCUT2D eigenvalue weighted by Gasteiger charge is -2.28. The SMILES string of the molecule is Cc1cc(C2NCCCC2O)c(C)o1. The summed E-state index contributed by atoms with van der Waals surface area (Å²) in [6, 6.07) is 2.07. The van der Waals surface area contributed by atoms with Crippen LogP contribution in [0.5, 0.6) is 0 Å². The number of hydrogen-bond acceptors (Lipinski definition) is 3. The second-order valence-corrected chi connectivity index (χ2v) is 4.01. The van der Waals surface area contributed by atoms with Crippen LogP contribution >= 0.6 is 0 Å². The average molecular weight is 195 g/mol. The standard InChI is InChI=1S/C11H17NO2/c1-7-6-9(8(2)14-7)11-10(13)4-3-5-12-11/h6,10-13H,3-5H2,1-2H3. The monoisotopic (exact) mass is 195 g/mol. The van der Waals surface area contributed by atoms with Crippen molar-refractivity contribution in [2.75, 3.05) is 6.54 Å². The first-order valence-corrected chi connectivity index (χ1v) is 5.17. The Hall–Kier alpha value is -0.800. The minimum absolute atomic E-state index is 0.0567. The summed E-state index contributed by atoms with van der Waals surface area (Å²) in [6.45, 7) is 4.86. The lowest BCUT2D eigenvalue weighted by atomic mass is 9.95. The largest absolute Gasteiger partial charge is 0.466 e. The van der Waals surface area contributed by atoms with E-state index in [4.69, 9.17) is 4.42 Å². The molecule has 0 saturated carbocycles. The van der Waals surface area contributed by atoms with Crippen LogP contribution < -0.4 is 5.32 Å². The molecule has 2 rings (SSSR count). The molecular formula is C11H17NO2. The van der Waals surface area contributed by atoms with Crippen LogP contribution in [0.4, 0.5) is 0 Å². The van der Waals surface area contributed by atoms with Crippen molar-refractivity contribution in [3.63, 3.8) is 0 Å². The summed E-state index contributed by atoms with van der Waals surface area (Å²) in [4.78, 5) is 0. The van der Waals surface area contributed by atoms with E-state index in [-0.39, 0.29) is 12.1 Å². The Bertz CT molecular complexity index is 319. The predicted molar refractivity (Wildman–Crippen MR) is 54.2 cm³/mol. The van der Waals surface area contributed by atoms with Crippen LogP contribution in [0.25, 0.3) is 0 Å². The second kappa shape index (κ2) is 3.75. The van der Waals surface area contributed by atoms with Gasteiger partial charge in [0.15, 0.2) is 0 Å². The molecule has 0 aliphatic carbocycles. The van der Waals surface area contributed by atoms with Gasteiger partial charge in [0, 0.05) is 5.56 Å². The lowest BCUT2D eigenvalue weighted by Crippen LogP contribution is -2.37. The number of furan rings is 1. The molecule has 0 spiro atoms. The third-order valence-corrected chi connectivity index (χ3v) is 2.84. The van der Waals surface area contributed by atoms with E-state index in [1.807, 2.05) is 19.9 Å². The van der Waals surface area contributed by atoms with Gasteiger partial charge in [0.05, 0.1) is 12.1 Å². The maximum Gasteiger partial charge on any atom is 0.105 e. The molecule has 1 aliphatic rings. The van der Waals surface area contributed by atoms with Crippen molar-refractivity contribution in [3.05, 3.63) is 23.2 Å². The number of aliphatic hydroxyl groups is 1. The smallest absolute Gasteiger partial charge is 0.105 e. The van der Waals surface area contributed by atoms with Gasteiger partial charge in [-0.2, -0.15) is 0 Å². The fraction of sp³-hybridized carbons (Fsp3) is 0.636. The first-order chi connectivity index (χ1) is 6.68. The minimum atomic E-state index is -0.278. The van der Waals surface area contributed by atoms with Crippen LogP contribution in [0, 0.1) is 13.8 Å². The predicted octanol–water partition coefficient (Wildman–Crippen LogP) is 1.68. The highest BCUT2D eigenvalue weighted by Gasteiger charge is 2.26. The summed E-state index contributed by atoms with van der Waals surface area (Å²) in [5, 5.41) is 13.2. The molecular weight excluding hydrogens is 178 g/mol. The van der Waals surface area contributed by atoms with E-state index in [9.17, 15) is 5.11 Å². The van der Waals surface area contributed by atoms with Gasteiger partial charge < -0.3 is 14.8 Å². The van der Waals surface area contributed by atoms with Crippen LogP contribution in [0.2, 0.25) is 0 Å². The van der Waals surface area contributed by atoms with Gasteiger partial charge in [-0.25, -0.2) is 0 Å². The summed E-state index contributed by atoms with van der Waals surface area (Å²) in [7, 11) is 0. The zero-order chi connectivity index (χ0) is 10.1.